The van der Waals surface area contributed by atoms with Gasteiger partial charge < -0.3 is 9.47 Å². The minimum absolute atomic E-state index is 0.321. The third kappa shape index (κ3) is 4.22. The lowest BCUT2D eigenvalue weighted by atomic mass is 10.0. The van der Waals surface area contributed by atoms with Crippen molar-refractivity contribution in [2.24, 2.45) is 0 Å². The summed E-state index contributed by atoms with van der Waals surface area (Å²) in [6.07, 6.45) is 0.642. The zero-order chi connectivity index (χ0) is 14.5. The molecule has 3 heteroatoms. The second-order valence-corrected chi connectivity index (χ2v) is 6.06. The van der Waals surface area contributed by atoms with Gasteiger partial charge >= 0.3 is 0 Å². The van der Waals surface area contributed by atoms with Gasteiger partial charge in [0.1, 0.15) is 12.4 Å². The third-order valence-corrected chi connectivity index (χ3v) is 3.70. The van der Waals surface area contributed by atoms with E-state index in [0.29, 0.717) is 18.1 Å². The molecule has 0 saturated carbocycles. The van der Waals surface area contributed by atoms with Gasteiger partial charge in [0.05, 0.1) is 12.2 Å². The minimum atomic E-state index is 0.321. The highest BCUT2D eigenvalue weighted by Gasteiger charge is 2.21. The summed E-state index contributed by atoms with van der Waals surface area (Å²) in [6, 6.07) is 8.34. The van der Waals surface area contributed by atoms with E-state index < -0.39 is 0 Å². The molecule has 0 unspecified atom stereocenters. The highest BCUT2D eigenvalue weighted by atomic mass is 16.5. The summed E-state index contributed by atoms with van der Waals surface area (Å²) in [4.78, 5) is 2.43. The van der Waals surface area contributed by atoms with Crippen LogP contribution < -0.4 is 4.74 Å². The fourth-order valence-corrected chi connectivity index (χ4v) is 2.84. The van der Waals surface area contributed by atoms with E-state index in [1.165, 1.54) is 5.56 Å². The van der Waals surface area contributed by atoms with Crippen molar-refractivity contribution in [1.82, 2.24) is 4.90 Å². The van der Waals surface area contributed by atoms with E-state index in [1.54, 1.807) is 0 Å². The summed E-state index contributed by atoms with van der Waals surface area (Å²) in [5.74, 6) is 1.52. The molecule has 3 nitrogen and oxygen atoms in total. The maximum absolute atomic E-state index is 5.99. The Kier molecular flexibility index (Phi) is 5.44. The first-order valence-electron chi connectivity index (χ1n) is 7.65. The first kappa shape index (κ1) is 15.3. The van der Waals surface area contributed by atoms with Gasteiger partial charge in [-0.05, 0) is 31.4 Å². The molecule has 0 amide bonds. The lowest BCUT2D eigenvalue weighted by Gasteiger charge is -2.35. The maximum atomic E-state index is 5.99. The fourth-order valence-electron chi connectivity index (χ4n) is 2.84. The summed E-state index contributed by atoms with van der Waals surface area (Å²) in [5, 5.41) is 0. The van der Waals surface area contributed by atoms with E-state index in [-0.39, 0.29) is 0 Å². The Balaban J connectivity index is 1.84. The molecule has 20 heavy (non-hydrogen) atoms. The van der Waals surface area contributed by atoms with Gasteiger partial charge in [-0.3, -0.25) is 4.90 Å². The number of ether oxygens (including phenoxy) is 2. The predicted molar refractivity (Wildman–Crippen MR) is 82.5 cm³/mol. The summed E-state index contributed by atoms with van der Waals surface area (Å²) in [5.41, 5.74) is 1.29. The number of rotatable bonds is 5. The van der Waals surface area contributed by atoms with E-state index >= 15 is 0 Å². The molecule has 2 atom stereocenters. The van der Waals surface area contributed by atoms with Crippen LogP contribution in [0.15, 0.2) is 24.3 Å². The molecule has 1 aliphatic rings. The number of morpholine rings is 1. The van der Waals surface area contributed by atoms with Crippen molar-refractivity contribution in [3.05, 3.63) is 29.8 Å². The topological polar surface area (TPSA) is 21.7 Å². The lowest BCUT2D eigenvalue weighted by molar-refractivity contribution is -0.0699. The van der Waals surface area contributed by atoms with Crippen LogP contribution in [-0.4, -0.2) is 43.3 Å². The van der Waals surface area contributed by atoms with Crippen LogP contribution in [0.1, 0.15) is 39.2 Å². The van der Waals surface area contributed by atoms with Crippen LogP contribution in [0.4, 0.5) is 0 Å². The molecule has 0 bridgehead atoms. The molecule has 0 spiro atoms. The van der Waals surface area contributed by atoms with E-state index in [9.17, 15) is 0 Å². The van der Waals surface area contributed by atoms with E-state index in [1.807, 2.05) is 6.07 Å². The highest BCUT2D eigenvalue weighted by molar-refractivity contribution is 5.35. The Labute approximate surface area is 122 Å². The molecule has 1 fully saturated rings. The summed E-state index contributed by atoms with van der Waals surface area (Å²) in [6.45, 7) is 12.4. The Bertz CT molecular complexity index is 409. The fraction of sp³-hybridized carbons (Fsp3) is 0.647. The number of benzene rings is 1. The molecule has 1 heterocycles. The molecule has 1 aromatic rings. The third-order valence-electron chi connectivity index (χ3n) is 3.70. The molecule has 1 aliphatic heterocycles. The molecule has 112 valence electrons. The normalized spacial score (nSPS) is 24.1. The van der Waals surface area contributed by atoms with Crippen LogP contribution in [0.25, 0.3) is 0 Å². The molecule has 0 aromatic heterocycles. The van der Waals surface area contributed by atoms with E-state index in [2.05, 4.69) is 50.8 Å². The van der Waals surface area contributed by atoms with Gasteiger partial charge in [0.25, 0.3) is 0 Å². The highest BCUT2D eigenvalue weighted by Crippen LogP contribution is 2.25. The van der Waals surface area contributed by atoms with Crippen molar-refractivity contribution in [3.8, 4) is 5.75 Å². The lowest BCUT2D eigenvalue weighted by Crippen LogP contribution is -2.46. The zero-order valence-electron chi connectivity index (χ0n) is 13.1. The van der Waals surface area contributed by atoms with Crippen LogP contribution >= 0.6 is 0 Å². The van der Waals surface area contributed by atoms with Crippen molar-refractivity contribution in [1.29, 1.82) is 0 Å². The second-order valence-electron chi connectivity index (χ2n) is 6.06. The minimum Gasteiger partial charge on any atom is -0.492 e. The van der Waals surface area contributed by atoms with Gasteiger partial charge in [-0.25, -0.2) is 0 Å². The Hall–Kier alpha value is -1.06. The quantitative estimate of drug-likeness (QED) is 0.824. The molecular formula is C17H27NO2. The van der Waals surface area contributed by atoms with Crippen LogP contribution in [-0.2, 0) is 4.74 Å². The number of hydrogen-bond donors (Lipinski definition) is 0. The monoisotopic (exact) mass is 277 g/mol. The average Bonchev–Trinajstić information content (AvgIpc) is 2.38. The van der Waals surface area contributed by atoms with Gasteiger partial charge in [-0.15, -0.1) is 0 Å². The van der Waals surface area contributed by atoms with E-state index in [4.69, 9.17) is 9.47 Å². The number of para-hydroxylation sites is 1. The zero-order valence-corrected chi connectivity index (χ0v) is 13.1. The van der Waals surface area contributed by atoms with Crippen molar-refractivity contribution in [2.45, 2.75) is 45.8 Å². The summed E-state index contributed by atoms with van der Waals surface area (Å²) < 4.78 is 11.7. The van der Waals surface area contributed by atoms with Crippen LogP contribution in [0.3, 0.4) is 0 Å². The maximum Gasteiger partial charge on any atom is 0.122 e. The summed E-state index contributed by atoms with van der Waals surface area (Å²) in [7, 11) is 0. The number of hydrogen-bond acceptors (Lipinski definition) is 3. The molecular weight excluding hydrogens is 250 g/mol. The van der Waals surface area contributed by atoms with Gasteiger partial charge in [0, 0.05) is 19.6 Å². The SMILES string of the molecule is CC(C)c1ccccc1OCCN1C[C@@H](C)O[C@H](C)C1. The molecule has 0 N–H and O–H groups in total. The first-order chi connectivity index (χ1) is 9.56. The predicted octanol–water partition coefficient (Wildman–Crippen LogP) is 3.30. The second kappa shape index (κ2) is 7.09. The summed E-state index contributed by atoms with van der Waals surface area (Å²) >= 11 is 0. The van der Waals surface area contributed by atoms with Gasteiger partial charge in [-0.2, -0.15) is 0 Å². The Morgan fingerprint density at radius 3 is 2.50 bits per heavy atom. The number of nitrogens with zero attached hydrogens (tertiary/aromatic N) is 1. The average molecular weight is 277 g/mol. The molecule has 1 saturated heterocycles. The van der Waals surface area contributed by atoms with E-state index in [0.717, 1.165) is 32.0 Å². The van der Waals surface area contributed by atoms with Gasteiger partial charge in [0.2, 0.25) is 0 Å². The molecule has 2 rings (SSSR count). The Morgan fingerprint density at radius 2 is 1.85 bits per heavy atom. The molecule has 0 radical (unpaired) electrons. The molecule has 1 aromatic carbocycles. The van der Waals surface area contributed by atoms with Crippen LogP contribution in [0.5, 0.6) is 5.75 Å². The van der Waals surface area contributed by atoms with Crippen molar-refractivity contribution < 1.29 is 9.47 Å². The standard InChI is InChI=1S/C17H27NO2/c1-13(2)16-7-5-6-8-17(16)19-10-9-18-11-14(3)20-15(4)12-18/h5-8,13-15H,9-12H2,1-4H3/t14-,15-/m1/s1. The van der Waals surface area contributed by atoms with Gasteiger partial charge in [0.15, 0.2) is 0 Å². The molecule has 0 aliphatic carbocycles. The largest absolute Gasteiger partial charge is 0.492 e. The van der Waals surface area contributed by atoms with Crippen LogP contribution in [0.2, 0.25) is 0 Å². The van der Waals surface area contributed by atoms with Gasteiger partial charge in [-0.1, -0.05) is 32.0 Å². The van der Waals surface area contributed by atoms with Crippen molar-refractivity contribution >= 4 is 0 Å². The van der Waals surface area contributed by atoms with Crippen molar-refractivity contribution in [2.75, 3.05) is 26.2 Å². The van der Waals surface area contributed by atoms with Crippen molar-refractivity contribution in [3.63, 3.8) is 0 Å². The first-order valence-corrected chi connectivity index (χ1v) is 7.65. The smallest absolute Gasteiger partial charge is 0.122 e. The van der Waals surface area contributed by atoms with Crippen LogP contribution in [0, 0.1) is 0 Å². The Morgan fingerprint density at radius 1 is 1.20 bits per heavy atom.